The van der Waals surface area contributed by atoms with Crippen molar-refractivity contribution in [1.82, 2.24) is 9.97 Å². The summed E-state index contributed by atoms with van der Waals surface area (Å²) < 4.78 is 26.2. The first kappa shape index (κ1) is 15.9. The number of aromatic nitrogens is 2. The second-order valence-electron chi connectivity index (χ2n) is 5.18. The van der Waals surface area contributed by atoms with Gasteiger partial charge in [0.25, 0.3) is 0 Å². The van der Waals surface area contributed by atoms with Gasteiger partial charge in [-0.15, -0.1) is 0 Å². The Hall–Kier alpha value is -3.02. The van der Waals surface area contributed by atoms with E-state index in [9.17, 15) is 8.78 Å². The van der Waals surface area contributed by atoms with Crippen LogP contribution in [0, 0.1) is 11.6 Å². The molecular weight excluding hydrogens is 310 g/mol. The van der Waals surface area contributed by atoms with Crippen LogP contribution in [0.15, 0.2) is 54.6 Å². The Kier molecular flexibility index (Phi) is 4.65. The first-order valence-electron chi connectivity index (χ1n) is 7.46. The highest BCUT2D eigenvalue weighted by Gasteiger charge is 2.07. The molecule has 122 valence electrons. The monoisotopic (exact) mass is 326 g/mol. The van der Waals surface area contributed by atoms with E-state index in [2.05, 4.69) is 20.6 Å². The molecule has 0 atom stereocenters. The zero-order chi connectivity index (χ0) is 16.9. The van der Waals surface area contributed by atoms with E-state index >= 15 is 0 Å². The van der Waals surface area contributed by atoms with Crippen LogP contribution in [0.4, 0.5) is 20.5 Å². The number of nitrogens with zero attached hydrogens (tertiary/aromatic N) is 2. The fourth-order valence-corrected chi connectivity index (χ4v) is 2.25. The molecule has 6 heteroatoms. The summed E-state index contributed by atoms with van der Waals surface area (Å²) in [5.74, 6) is -0.649. The number of halogens is 2. The summed E-state index contributed by atoms with van der Waals surface area (Å²) in [6.07, 6.45) is 0. The van der Waals surface area contributed by atoms with E-state index in [-0.39, 0.29) is 0 Å². The molecule has 24 heavy (non-hydrogen) atoms. The Morgan fingerprint density at radius 2 is 1.71 bits per heavy atom. The molecule has 0 bridgehead atoms. The lowest BCUT2D eigenvalue weighted by molar-refractivity contribution is 0.507. The van der Waals surface area contributed by atoms with Crippen LogP contribution in [0.1, 0.15) is 5.56 Å². The molecule has 0 unspecified atom stereocenters. The third-order valence-corrected chi connectivity index (χ3v) is 3.48. The molecular formula is C18H16F2N4. The van der Waals surface area contributed by atoms with E-state index in [0.717, 1.165) is 17.3 Å². The zero-order valence-electron chi connectivity index (χ0n) is 13.1. The number of benzene rings is 2. The lowest BCUT2D eigenvalue weighted by Gasteiger charge is -2.10. The van der Waals surface area contributed by atoms with Crippen molar-refractivity contribution in [2.75, 3.05) is 17.7 Å². The minimum Gasteiger partial charge on any atom is -0.366 e. The fourth-order valence-electron chi connectivity index (χ4n) is 2.25. The van der Waals surface area contributed by atoms with Gasteiger partial charge in [-0.1, -0.05) is 36.4 Å². The van der Waals surface area contributed by atoms with Crippen molar-refractivity contribution < 1.29 is 8.78 Å². The van der Waals surface area contributed by atoms with Crippen molar-refractivity contribution in [3.05, 3.63) is 71.8 Å². The average molecular weight is 326 g/mol. The van der Waals surface area contributed by atoms with Crippen LogP contribution in [0.5, 0.6) is 0 Å². The number of nitrogens with one attached hydrogen (secondary N) is 2. The van der Waals surface area contributed by atoms with Gasteiger partial charge in [-0.2, -0.15) is 4.98 Å². The van der Waals surface area contributed by atoms with Gasteiger partial charge in [0.05, 0.1) is 5.69 Å². The molecule has 2 N–H and O–H groups in total. The van der Waals surface area contributed by atoms with Crippen LogP contribution in [-0.4, -0.2) is 17.0 Å². The second kappa shape index (κ2) is 7.04. The maximum Gasteiger partial charge on any atom is 0.224 e. The molecule has 0 amide bonds. The Bertz CT molecular complexity index is 838. The van der Waals surface area contributed by atoms with Gasteiger partial charge in [0, 0.05) is 25.2 Å². The minimum atomic E-state index is -0.863. The molecule has 0 spiro atoms. The molecule has 0 aliphatic carbocycles. The van der Waals surface area contributed by atoms with Crippen molar-refractivity contribution in [2.24, 2.45) is 0 Å². The van der Waals surface area contributed by atoms with E-state index in [1.807, 2.05) is 36.4 Å². The number of hydrogen-bond acceptors (Lipinski definition) is 4. The largest absolute Gasteiger partial charge is 0.366 e. The third kappa shape index (κ3) is 3.65. The van der Waals surface area contributed by atoms with Crippen LogP contribution in [0.25, 0.3) is 11.3 Å². The first-order chi connectivity index (χ1) is 11.7. The average Bonchev–Trinajstić information content (AvgIpc) is 2.63. The van der Waals surface area contributed by atoms with Crippen molar-refractivity contribution in [2.45, 2.75) is 6.54 Å². The standard InChI is InChI=1S/C18H16F2N4/c1-21-18-23-16(13-5-3-2-4-6-13)10-17(24-18)22-11-12-7-8-14(19)15(20)9-12/h2-10H,11H2,1H3,(H2,21,22,23,24). The number of hydrogen-bond donors (Lipinski definition) is 2. The smallest absolute Gasteiger partial charge is 0.224 e. The Morgan fingerprint density at radius 3 is 2.42 bits per heavy atom. The summed E-state index contributed by atoms with van der Waals surface area (Å²) in [4.78, 5) is 8.76. The molecule has 0 fully saturated rings. The number of rotatable bonds is 5. The van der Waals surface area contributed by atoms with Gasteiger partial charge in [0.15, 0.2) is 11.6 Å². The molecule has 4 nitrogen and oxygen atoms in total. The summed E-state index contributed by atoms with van der Waals surface area (Å²) in [5, 5.41) is 6.03. The van der Waals surface area contributed by atoms with Gasteiger partial charge in [0.2, 0.25) is 5.95 Å². The molecule has 1 heterocycles. The van der Waals surface area contributed by atoms with Crippen molar-refractivity contribution in [1.29, 1.82) is 0 Å². The second-order valence-corrected chi connectivity index (χ2v) is 5.18. The van der Waals surface area contributed by atoms with Gasteiger partial charge in [-0.3, -0.25) is 0 Å². The molecule has 3 aromatic rings. The van der Waals surface area contributed by atoms with E-state index < -0.39 is 11.6 Å². The lowest BCUT2D eigenvalue weighted by atomic mass is 10.1. The topological polar surface area (TPSA) is 49.8 Å². The molecule has 0 radical (unpaired) electrons. The van der Waals surface area contributed by atoms with Crippen molar-refractivity contribution in [3.63, 3.8) is 0 Å². The predicted molar refractivity (Wildman–Crippen MR) is 90.7 cm³/mol. The SMILES string of the molecule is CNc1nc(NCc2ccc(F)c(F)c2)cc(-c2ccccc2)n1. The van der Waals surface area contributed by atoms with E-state index in [4.69, 9.17) is 0 Å². The molecule has 1 aromatic heterocycles. The van der Waals surface area contributed by atoms with E-state index in [0.29, 0.717) is 23.9 Å². The minimum absolute atomic E-state index is 0.325. The molecule has 3 rings (SSSR count). The first-order valence-corrected chi connectivity index (χ1v) is 7.46. The quantitative estimate of drug-likeness (QED) is 0.742. The van der Waals surface area contributed by atoms with E-state index in [1.54, 1.807) is 7.05 Å². The highest BCUT2D eigenvalue weighted by Crippen LogP contribution is 2.21. The van der Waals surface area contributed by atoms with Crippen molar-refractivity contribution >= 4 is 11.8 Å². The molecule has 0 saturated carbocycles. The van der Waals surface area contributed by atoms with Gasteiger partial charge in [0.1, 0.15) is 5.82 Å². The van der Waals surface area contributed by atoms with Gasteiger partial charge in [-0.25, -0.2) is 13.8 Å². The van der Waals surface area contributed by atoms with Crippen molar-refractivity contribution in [3.8, 4) is 11.3 Å². The highest BCUT2D eigenvalue weighted by atomic mass is 19.2. The van der Waals surface area contributed by atoms with Crippen LogP contribution in [0.3, 0.4) is 0 Å². The molecule has 0 aliphatic heterocycles. The summed E-state index contributed by atoms with van der Waals surface area (Å²) in [7, 11) is 1.74. The normalized spacial score (nSPS) is 10.5. The zero-order valence-corrected chi connectivity index (χ0v) is 13.1. The Morgan fingerprint density at radius 1 is 0.917 bits per heavy atom. The number of anilines is 2. The molecule has 0 saturated heterocycles. The van der Waals surface area contributed by atoms with Crippen LogP contribution in [0.2, 0.25) is 0 Å². The maximum absolute atomic E-state index is 13.3. The van der Waals surface area contributed by atoms with Gasteiger partial charge in [-0.05, 0) is 17.7 Å². The third-order valence-electron chi connectivity index (χ3n) is 3.48. The summed E-state index contributed by atoms with van der Waals surface area (Å²) in [6, 6.07) is 15.4. The maximum atomic E-state index is 13.3. The van der Waals surface area contributed by atoms with Gasteiger partial charge >= 0.3 is 0 Å². The summed E-state index contributed by atoms with van der Waals surface area (Å²) >= 11 is 0. The fraction of sp³-hybridized carbons (Fsp3) is 0.111. The van der Waals surface area contributed by atoms with Crippen LogP contribution < -0.4 is 10.6 Å². The Balaban J connectivity index is 1.83. The Labute approximate surface area is 138 Å². The molecule has 0 aliphatic rings. The summed E-state index contributed by atoms with van der Waals surface area (Å²) in [6.45, 7) is 0.325. The molecule has 2 aromatic carbocycles. The van der Waals surface area contributed by atoms with Gasteiger partial charge < -0.3 is 10.6 Å². The van der Waals surface area contributed by atoms with E-state index in [1.165, 1.54) is 12.1 Å². The summed E-state index contributed by atoms with van der Waals surface area (Å²) in [5.41, 5.74) is 2.36. The lowest BCUT2D eigenvalue weighted by Crippen LogP contribution is -2.06. The predicted octanol–water partition coefficient (Wildman–Crippen LogP) is 4.08. The van der Waals surface area contributed by atoms with Crippen LogP contribution in [-0.2, 0) is 6.54 Å². The van der Waals surface area contributed by atoms with Crippen LogP contribution >= 0.6 is 0 Å². The highest BCUT2D eigenvalue weighted by molar-refractivity contribution is 5.64.